The van der Waals surface area contributed by atoms with Crippen LogP contribution in [0.25, 0.3) is 11.3 Å². The quantitative estimate of drug-likeness (QED) is 0.676. The van der Waals surface area contributed by atoms with Gasteiger partial charge in [-0.05, 0) is 44.5 Å². The van der Waals surface area contributed by atoms with E-state index in [1.807, 2.05) is 39.1 Å². The Labute approximate surface area is 149 Å². The van der Waals surface area contributed by atoms with Gasteiger partial charge in [-0.1, -0.05) is 13.8 Å². The molecule has 0 fully saturated rings. The molecule has 0 bridgehead atoms. The van der Waals surface area contributed by atoms with E-state index in [0.29, 0.717) is 25.6 Å². The highest BCUT2D eigenvalue weighted by molar-refractivity contribution is 6.02. The Balaban J connectivity index is 2.25. The zero-order valence-electron chi connectivity index (χ0n) is 15.8. The molecule has 3 rings (SSSR count). The van der Waals surface area contributed by atoms with Crippen molar-refractivity contribution in [1.29, 1.82) is 0 Å². The highest BCUT2D eigenvalue weighted by Gasteiger charge is 2.32. The fraction of sp³-hybridized carbons (Fsp3) is 0.476. The van der Waals surface area contributed by atoms with Crippen molar-refractivity contribution in [3.05, 3.63) is 35.5 Å². The van der Waals surface area contributed by atoms with Crippen molar-refractivity contribution in [2.24, 2.45) is 0 Å². The summed E-state index contributed by atoms with van der Waals surface area (Å²) < 4.78 is 13.9. The number of ketones is 1. The number of nitrogens with zero attached hydrogens (tertiary/aromatic N) is 1. The van der Waals surface area contributed by atoms with Crippen LogP contribution in [0.2, 0.25) is 0 Å². The third-order valence-electron chi connectivity index (χ3n) is 5.16. The fourth-order valence-corrected chi connectivity index (χ4v) is 3.68. The summed E-state index contributed by atoms with van der Waals surface area (Å²) in [6.07, 6.45) is 2.55. The topological polar surface area (TPSA) is 40.5 Å². The van der Waals surface area contributed by atoms with Crippen molar-refractivity contribution < 1.29 is 14.3 Å². The van der Waals surface area contributed by atoms with Crippen molar-refractivity contribution in [2.75, 3.05) is 13.2 Å². The molecule has 0 spiro atoms. The molecule has 0 amide bonds. The van der Waals surface area contributed by atoms with Gasteiger partial charge >= 0.3 is 0 Å². The van der Waals surface area contributed by atoms with Crippen molar-refractivity contribution in [1.82, 2.24) is 4.57 Å². The van der Waals surface area contributed by atoms with E-state index in [1.54, 1.807) is 0 Å². The molecule has 1 aromatic heterocycles. The van der Waals surface area contributed by atoms with Crippen LogP contribution in [0, 0.1) is 0 Å². The van der Waals surface area contributed by atoms with Gasteiger partial charge in [0.25, 0.3) is 0 Å². The predicted molar refractivity (Wildman–Crippen MR) is 100.0 cm³/mol. The Hall–Kier alpha value is -2.23. The minimum Gasteiger partial charge on any atom is -0.490 e. The lowest BCUT2D eigenvalue weighted by Gasteiger charge is -2.33. The molecule has 2 atom stereocenters. The highest BCUT2D eigenvalue weighted by Crippen LogP contribution is 2.48. The van der Waals surface area contributed by atoms with E-state index in [4.69, 9.17) is 9.47 Å². The van der Waals surface area contributed by atoms with Crippen molar-refractivity contribution in [2.45, 2.75) is 53.0 Å². The van der Waals surface area contributed by atoms with Gasteiger partial charge in [-0.25, -0.2) is 0 Å². The number of aromatic nitrogens is 1. The van der Waals surface area contributed by atoms with E-state index in [2.05, 4.69) is 24.5 Å². The molecule has 0 saturated carbocycles. The molecule has 0 radical (unpaired) electrons. The van der Waals surface area contributed by atoms with Gasteiger partial charge in [-0.15, -0.1) is 0 Å². The van der Waals surface area contributed by atoms with Gasteiger partial charge in [-0.3, -0.25) is 4.79 Å². The minimum atomic E-state index is 0.174. The predicted octanol–water partition coefficient (Wildman–Crippen LogP) is 5.22. The van der Waals surface area contributed by atoms with Crippen molar-refractivity contribution in [3.63, 3.8) is 0 Å². The van der Waals surface area contributed by atoms with Gasteiger partial charge in [0, 0.05) is 35.7 Å². The first-order valence-corrected chi connectivity index (χ1v) is 9.21. The maximum atomic E-state index is 12.5. The summed E-state index contributed by atoms with van der Waals surface area (Å²) in [5.74, 6) is 2.03. The van der Waals surface area contributed by atoms with E-state index in [-0.39, 0.29) is 11.8 Å². The Bertz CT molecular complexity index is 791. The number of carbonyl (C=O) groups excluding carboxylic acids is 1. The monoisotopic (exact) mass is 341 g/mol. The zero-order chi connectivity index (χ0) is 18.1. The van der Waals surface area contributed by atoms with E-state index in [9.17, 15) is 4.79 Å². The van der Waals surface area contributed by atoms with Gasteiger partial charge < -0.3 is 14.0 Å². The maximum absolute atomic E-state index is 12.5. The fourth-order valence-electron chi connectivity index (χ4n) is 3.68. The average Bonchev–Trinajstić information content (AvgIpc) is 3.05. The van der Waals surface area contributed by atoms with Gasteiger partial charge in [0.05, 0.1) is 18.9 Å². The molecule has 2 unspecified atom stereocenters. The number of ether oxygens (including phenoxy) is 2. The number of benzene rings is 1. The summed E-state index contributed by atoms with van der Waals surface area (Å²) in [7, 11) is 0. The van der Waals surface area contributed by atoms with Gasteiger partial charge in [0.1, 0.15) is 0 Å². The van der Waals surface area contributed by atoms with Crippen LogP contribution >= 0.6 is 0 Å². The average molecular weight is 341 g/mol. The molecule has 4 nitrogen and oxygen atoms in total. The summed E-state index contributed by atoms with van der Waals surface area (Å²) in [6, 6.07) is 6.39. The summed E-state index contributed by atoms with van der Waals surface area (Å²) in [6.45, 7) is 11.5. The lowest BCUT2D eigenvalue weighted by Crippen LogP contribution is -2.20. The normalized spacial score (nSPS) is 18.4. The smallest absolute Gasteiger partial charge is 0.164 e. The molecule has 0 saturated heterocycles. The van der Waals surface area contributed by atoms with Crippen LogP contribution in [0.15, 0.2) is 24.4 Å². The summed E-state index contributed by atoms with van der Waals surface area (Å²) in [5.41, 5.74) is 4.11. The number of carbonyl (C=O) groups is 1. The molecule has 1 aliphatic heterocycles. The maximum Gasteiger partial charge on any atom is 0.164 e. The third-order valence-corrected chi connectivity index (χ3v) is 5.16. The standard InChI is InChI=1S/C21H27NO3/c1-6-18(23)15-9-10-22-14(5)13(4)16-11-19(24-7-2)20(25-8-3)12-17(16)21(15)22/h9-14H,6-8H2,1-5H3. The van der Waals surface area contributed by atoms with Crippen LogP contribution in [0.5, 0.6) is 11.5 Å². The molecule has 1 aliphatic rings. The van der Waals surface area contributed by atoms with Crippen LogP contribution < -0.4 is 9.47 Å². The Morgan fingerprint density at radius 3 is 2.32 bits per heavy atom. The molecule has 1 aromatic carbocycles. The first-order chi connectivity index (χ1) is 12.0. The third kappa shape index (κ3) is 2.84. The SMILES string of the molecule is CCOc1cc2c(cc1OCC)C(C)C(C)n1ccc(C(=O)CC)c1-2. The molecular weight excluding hydrogens is 314 g/mol. The molecule has 2 heterocycles. The van der Waals surface area contributed by atoms with Gasteiger partial charge in [-0.2, -0.15) is 0 Å². The zero-order valence-corrected chi connectivity index (χ0v) is 15.8. The lowest BCUT2D eigenvalue weighted by molar-refractivity contribution is 0.0988. The van der Waals surface area contributed by atoms with Crippen LogP contribution in [0.4, 0.5) is 0 Å². The number of rotatable bonds is 6. The summed E-state index contributed by atoms with van der Waals surface area (Å²) in [5, 5.41) is 0. The van der Waals surface area contributed by atoms with E-state index in [0.717, 1.165) is 28.3 Å². The summed E-state index contributed by atoms with van der Waals surface area (Å²) >= 11 is 0. The highest BCUT2D eigenvalue weighted by atomic mass is 16.5. The van der Waals surface area contributed by atoms with Crippen LogP contribution in [-0.2, 0) is 0 Å². The minimum absolute atomic E-state index is 0.174. The first-order valence-electron chi connectivity index (χ1n) is 9.21. The van der Waals surface area contributed by atoms with Crippen LogP contribution in [-0.4, -0.2) is 23.6 Å². The molecule has 0 aliphatic carbocycles. The van der Waals surface area contributed by atoms with Crippen molar-refractivity contribution >= 4 is 5.78 Å². The van der Waals surface area contributed by atoms with E-state index >= 15 is 0 Å². The molecule has 25 heavy (non-hydrogen) atoms. The van der Waals surface area contributed by atoms with Crippen LogP contribution in [0.3, 0.4) is 0 Å². The van der Waals surface area contributed by atoms with Crippen LogP contribution in [0.1, 0.15) is 68.9 Å². The molecular formula is C21H27NO3. The number of Topliss-reactive ketones (excluding diaryl/α,β-unsaturated/α-hetero) is 1. The second kappa shape index (κ2) is 6.95. The molecule has 134 valence electrons. The second-order valence-electron chi connectivity index (χ2n) is 6.54. The summed E-state index contributed by atoms with van der Waals surface area (Å²) in [4.78, 5) is 12.5. The second-order valence-corrected chi connectivity index (χ2v) is 6.54. The van der Waals surface area contributed by atoms with Gasteiger partial charge in [0.15, 0.2) is 17.3 Å². The van der Waals surface area contributed by atoms with E-state index < -0.39 is 0 Å². The molecule has 2 aromatic rings. The largest absolute Gasteiger partial charge is 0.490 e. The lowest BCUT2D eigenvalue weighted by atomic mass is 9.84. The first kappa shape index (κ1) is 17.6. The van der Waals surface area contributed by atoms with Crippen molar-refractivity contribution in [3.8, 4) is 22.8 Å². The number of hydrogen-bond acceptors (Lipinski definition) is 3. The Kier molecular flexibility index (Phi) is 4.89. The number of hydrogen-bond donors (Lipinski definition) is 0. The Morgan fingerprint density at radius 2 is 1.72 bits per heavy atom. The Morgan fingerprint density at radius 1 is 1.08 bits per heavy atom. The number of fused-ring (bicyclic) bond motifs is 3. The molecule has 0 N–H and O–H groups in total. The molecule has 4 heteroatoms. The van der Waals surface area contributed by atoms with Gasteiger partial charge in [0.2, 0.25) is 0 Å². The van der Waals surface area contributed by atoms with E-state index in [1.165, 1.54) is 5.56 Å².